The van der Waals surface area contributed by atoms with Gasteiger partial charge in [-0.3, -0.25) is 4.99 Å². The van der Waals surface area contributed by atoms with Gasteiger partial charge in [0.1, 0.15) is 11.5 Å². The summed E-state index contributed by atoms with van der Waals surface area (Å²) in [6.07, 6.45) is 0. The molecule has 0 fully saturated rings. The van der Waals surface area contributed by atoms with Gasteiger partial charge in [0.05, 0.1) is 0 Å². The van der Waals surface area contributed by atoms with Gasteiger partial charge in [0.15, 0.2) is 5.96 Å². The van der Waals surface area contributed by atoms with Crippen molar-refractivity contribution in [3.05, 3.63) is 58.0 Å². The standard InChI is InChI=1S/C18H25N3O/c1-12-6-7-16(13(2)8-12)10-20-18(19-5)21-11-17-9-14(3)22-15(17)4/h6-9H,10-11H2,1-5H3,(H2,19,20,21). The Labute approximate surface area is 132 Å². The molecule has 0 spiro atoms. The Balaban J connectivity index is 1.91. The molecule has 0 unspecified atom stereocenters. The fourth-order valence-electron chi connectivity index (χ4n) is 2.48. The molecule has 1 aromatic heterocycles. The molecule has 0 saturated heterocycles. The molecule has 0 aliphatic heterocycles. The molecular formula is C18H25N3O. The number of aryl methyl sites for hydroxylation is 4. The monoisotopic (exact) mass is 299 g/mol. The van der Waals surface area contributed by atoms with Gasteiger partial charge >= 0.3 is 0 Å². The van der Waals surface area contributed by atoms with Gasteiger partial charge < -0.3 is 15.1 Å². The van der Waals surface area contributed by atoms with Crippen molar-refractivity contribution in [3.8, 4) is 0 Å². The zero-order valence-electron chi connectivity index (χ0n) is 14.1. The van der Waals surface area contributed by atoms with Crippen LogP contribution in [0, 0.1) is 27.7 Å². The molecule has 4 heteroatoms. The number of nitrogens with one attached hydrogen (secondary N) is 2. The lowest BCUT2D eigenvalue weighted by atomic mass is 10.1. The summed E-state index contributed by atoms with van der Waals surface area (Å²) >= 11 is 0. The number of furan rings is 1. The number of guanidine groups is 1. The Morgan fingerprint density at radius 1 is 1.00 bits per heavy atom. The molecule has 0 atom stereocenters. The van der Waals surface area contributed by atoms with Crippen LogP contribution in [0.5, 0.6) is 0 Å². The molecule has 0 aliphatic carbocycles. The van der Waals surface area contributed by atoms with Crippen molar-refractivity contribution in [1.82, 2.24) is 10.6 Å². The average Bonchev–Trinajstić information content (AvgIpc) is 2.79. The molecule has 0 bridgehead atoms. The second-order valence-electron chi connectivity index (χ2n) is 5.65. The summed E-state index contributed by atoms with van der Waals surface area (Å²) in [6, 6.07) is 8.55. The Morgan fingerprint density at radius 2 is 1.68 bits per heavy atom. The third-order valence-corrected chi connectivity index (χ3v) is 3.76. The molecule has 0 radical (unpaired) electrons. The minimum atomic E-state index is 0.704. The Bertz CT molecular complexity index is 671. The molecular weight excluding hydrogens is 274 g/mol. The highest BCUT2D eigenvalue weighted by atomic mass is 16.3. The van der Waals surface area contributed by atoms with E-state index in [9.17, 15) is 0 Å². The lowest BCUT2D eigenvalue weighted by molar-refractivity contribution is 0.500. The van der Waals surface area contributed by atoms with Crippen molar-refractivity contribution >= 4 is 5.96 Å². The lowest BCUT2D eigenvalue weighted by Gasteiger charge is -2.13. The van der Waals surface area contributed by atoms with Crippen molar-refractivity contribution in [2.75, 3.05) is 7.05 Å². The van der Waals surface area contributed by atoms with Crippen LogP contribution >= 0.6 is 0 Å². The summed E-state index contributed by atoms with van der Waals surface area (Å²) in [6.45, 7) is 9.66. The predicted molar refractivity (Wildman–Crippen MR) is 91.1 cm³/mol. The van der Waals surface area contributed by atoms with E-state index in [-0.39, 0.29) is 0 Å². The van der Waals surface area contributed by atoms with Crippen LogP contribution in [0.1, 0.15) is 33.8 Å². The first kappa shape index (κ1) is 16.1. The number of nitrogens with zero attached hydrogens (tertiary/aromatic N) is 1. The Hall–Kier alpha value is -2.23. The van der Waals surface area contributed by atoms with Gasteiger partial charge in [0.25, 0.3) is 0 Å². The third kappa shape index (κ3) is 4.13. The van der Waals surface area contributed by atoms with Crippen molar-refractivity contribution < 1.29 is 4.42 Å². The van der Waals surface area contributed by atoms with E-state index in [2.05, 4.69) is 53.7 Å². The maximum absolute atomic E-state index is 5.54. The molecule has 4 nitrogen and oxygen atoms in total. The second-order valence-corrected chi connectivity index (χ2v) is 5.65. The molecule has 2 aromatic rings. The minimum absolute atomic E-state index is 0.704. The summed E-state index contributed by atoms with van der Waals surface area (Å²) in [5.41, 5.74) is 5.02. The SMILES string of the molecule is CN=C(NCc1ccc(C)cc1C)NCc1cc(C)oc1C. The van der Waals surface area contributed by atoms with Crippen LogP contribution < -0.4 is 10.6 Å². The maximum Gasteiger partial charge on any atom is 0.191 e. The van der Waals surface area contributed by atoms with Crippen LogP contribution in [0.4, 0.5) is 0 Å². The lowest BCUT2D eigenvalue weighted by Crippen LogP contribution is -2.36. The predicted octanol–water partition coefficient (Wildman–Crippen LogP) is 3.38. The highest BCUT2D eigenvalue weighted by Gasteiger charge is 2.06. The van der Waals surface area contributed by atoms with E-state index >= 15 is 0 Å². The number of rotatable bonds is 4. The van der Waals surface area contributed by atoms with Crippen LogP contribution in [0.2, 0.25) is 0 Å². The van der Waals surface area contributed by atoms with E-state index in [1.807, 2.05) is 13.8 Å². The van der Waals surface area contributed by atoms with Crippen molar-refractivity contribution in [1.29, 1.82) is 0 Å². The maximum atomic E-state index is 5.54. The first-order valence-electron chi connectivity index (χ1n) is 7.56. The summed E-state index contributed by atoms with van der Waals surface area (Å²) in [5, 5.41) is 6.67. The van der Waals surface area contributed by atoms with Gasteiger partial charge in [-0.15, -0.1) is 0 Å². The number of hydrogen-bond acceptors (Lipinski definition) is 2. The van der Waals surface area contributed by atoms with Crippen LogP contribution in [-0.2, 0) is 13.1 Å². The molecule has 0 aliphatic rings. The zero-order chi connectivity index (χ0) is 16.1. The normalized spacial score (nSPS) is 11.6. The van der Waals surface area contributed by atoms with E-state index in [4.69, 9.17) is 4.42 Å². The van der Waals surface area contributed by atoms with E-state index in [1.165, 1.54) is 16.7 Å². The van der Waals surface area contributed by atoms with Crippen LogP contribution in [-0.4, -0.2) is 13.0 Å². The number of hydrogen-bond donors (Lipinski definition) is 2. The Morgan fingerprint density at radius 3 is 2.23 bits per heavy atom. The Kier molecular flexibility index (Phi) is 5.26. The first-order valence-corrected chi connectivity index (χ1v) is 7.56. The summed E-state index contributed by atoms with van der Waals surface area (Å²) in [4.78, 5) is 4.27. The van der Waals surface area contributed by atoms with Gasteiger partial charge in [-0.05, 0) is 44.9 Å². The van der Waals surface area contributed by atoms with Crippen molar-refractivity contribution in [2.24, 2.45) is 4.99 Å². The molecule has 1 heterocycles. The van der Waals surface area contributed by atoms with Gasteiger partial charge in [0, 0.05) is 25.7 Å². The smallest absolute Gasteiger partial charge is 0.191 e. The molecule has 0 amide bonds. The summed E-state index contributed by atoms with van der Waals surface area (Å²) in [7, 11) is 1.78. The quantitative estimate of drug-likeness (QED) is 0.672. The topological polar surface area (TPSA) is 49.6 Å². The minimum Gasteiger partial charge on any atom is -0.466 e. The number of benzene rings is 1. The third-order valence-electron chi connectivity index (χ3n) is 3.76. The van der Waals surface area contributed by atoms with Gasteiger partial charge in [-0.1, -0.05) is 23.8 Å². The van der Waals surface area contributed by atoms with Crippen LogP contribution in [0.15, 0.2) is 33.7 Å². The molecule has 2 rings (SSSR count). The van der Waals surface area contributed by atoms with Crippen LogP contribution in [0.3, 0.4) is 0 Å². The van der Waals surface area contributed by atoms with Gasteiger partial charge in [-0.25, -0.2) is 0 Å². The summed E-state index contributed by atoms with van der Waals surface area (Å²) < 4.78 is 5.54. The first-order chi connectivity index (χ1) is 10.5. The summed E-state index contributed by atoms with van der Waals surface area (Å²) in [5.74, 6) is 2.68. The average molecular weight is 299 g/mol. The van der Waals surface area contributed by atoms with Gasteiger partial charge in [-0.2, -0.15) is 0 Å². The molecule has 1 aromatic carbocycles. The van der Waals surface area contributed by atoms with Crippen molar-refractivity contribution in [2.45, 2.75) is 40.8 Å². The highest BCUT2D eigenvalue weighted by molar-refractivity contribution is 5.79. The van der Waals surface area contributed by atoms with E-state index in [1.54, 1.807) is 7.05 Å². The fourth-order valence-corrected chi connectivity index (χ4v) is 2.48. The largest absolute Gasteiger partial charge is 0.466 e. The molecule has 118 valence electrons. The number of aliphatic imine (C=N–C) groups is 1. The molecule has 2 N–H and O–H groups in total. The highest BCUT2D eigenvalue weighted by Crippen LogP contribution is 2.13. The fraction of sp³-hybridized carbons (Fsp3) is 0.389. The molecule has 0 saturated carbocycles. The van der Waals surface area contributed by atoms with E-state index in [0.29, 0.717) is 6.54 Å². The van der Waals surface area contributed by atoms with Crippen LogP contribution in [0.25, 0.3) is 0 Å². The van der Waals surface area contributed by atoms with E-state index in [0.717, 1.165) is 29.6 Å². The van der Waals surface area contributed by atoms with Crippen molar-refractivity contribution in [3.63, 3.8) is 0 Å². The second kappa shape index (κ2) is 7.16. The molecule has 22 heavy (non-hydrogen) atoms. The van der Waals surface area contributed by atoms with Gasteiger partial charge in [0.2, 0.25) is 0 Å². The zero-order valence-corrected chi connectivity index (χ0v) is 14.1. The van der Waals surface area contributed by atoms with E-state index < -0.39 is 0 Å².